The number of unbranched alkanes of at least 4 members (excludes halogenated alkanes) is 3. The Kier molecular flexibility index (Phi) is 7.15. The lowest BCUT2D eigenvalue weighted by Crippen LogP contribution is -2.33. The summed E-state index contributed by atoms with van der Waals surface area (Å²) in [7, 11) is -3.45. The fourth-order valence-corrected chi connectivity index (χ4v) is 5.23. The highest BCUT2D eigenvalue weighted by molar-refractivity contribution is 7.89. The Morgan fingerprint density at radius 1 is 1.35 bits per heavy atom. The van der Waals surface area contributed by atoms with Crippen LogP contribution in [0.5, 0.6) is 0 Å². The maximum Gasteiger partial charge on any atom is 0.242 e. The van der Waals surface area contributed by atoms with Gasteiger partial charge in [0.2, 0.25) is 10.0 Å². The van der Waals surface area contributed by atoms with E-state index in [-0.39, 0.29) is 12.6 Å². The molecule has 20 heavy (non-hydrogen) atoms. The molecule has 116 valence electrons. The Labute approximate surface area is 126 Å². The second-order valence-electron chi connectivity index (χ2n) is 5.25. The van der Waals surface area contributed by atoms with Crippen LogP contribution < -0.4 is 10.5 Å². The molecule has 0 fully saturated rings. The van der Waals surface area contributed by atoms with Crippen molar-refractivity contribution >= 4 is 21.4 Å². The van der Waals surface area contributed by atoms with E-state index in [9.17, 15) is 8.42 Å². The van der Waals surface area contributed by atoms with E-state index in [4.69, 9.17) is 5.73 Å². The van der Waals surface area contributed by atoms with Gasteiger partial charge in [0.1, 0.15) is 4.90 Å². The van der Waals surface area contributed by atoms with Crippen LogP contribution in [0.3, 0.4) is 0 Å². The molecule has 1 rings (SSSR count). The topological polar surface area (TPSA) is 72.2 Å². The molecule has 6 heteroatoms. The van der Waals surface area contributed by atoms with Crippen LogP contribution in [0.2, 0.25) is 0 Å². The second kappa shape index (κ2) is 8.12. The molecule has 1 unspecified atom stereocenters. The zero-order valence-corrected chi connectivity index (χ0v) is 14.2. The average molecular weight is 319 g/mol. The maximum atomic E-state index is 12.4. The van der Waals surface area contributed by atoms with Gasteiger partial charge in [0.15, 0.2) is 0 Å². The summed E-state index contributed by atoms with van der Waals surface area (Å²) in [5.74, 6) is 0. The second-order valence-corrected chi connectivity index (χ2v) is 7.86. The van der Waals surface area contributed by atoms with Crippen LogP contribution in [0.15, 0.2) is 10.3 Å². The molecule has 0 aromatic carbocycles. The zero-order chi connectivity index (χ0) is 15.2. The minimum absolute atomic E-state index is 0.0400. The molecule has 0 saturated heterocycles. The number of hydrogen-bond acceptors (Lipinski definition) is 4. The van der Waals surface area contributed by atoms with E-state index >= 15 is 0 Å². The van der Waals surface area contributed by atoms with Gasteiger partial charge >= 0.3 is 0 Å². The van der Waals surface area contributed by atoms with Gasteiger partial charge < -0.3 is 5.73 Å². The van der Waals surface area contributed by atoms with Crippen LogP contribution in [0.4, 0.5) is 0 Å². The molecule has 0 radical (unpaired) electrons. The number of sulfonamides is 1. The summed E-state index contributed by atoms with van der Waals surface area (Å²) in [6.45, 7) is 6.17. The van der Waals surface area contributed by atoms with Gasteiger partial charge in [-0.25, -0.2) is 13.1 Å². The van der Waals surface area contributed by atoms with Crippen LogP contribution in [0.25, 0.3) is 0 Å². The van der Waals surface area contributed by atoms with E-state index in [2.05, 4.69) is 11.6 Å². The van der Waals surface area contributed by atoms with E-state index in [0.717, 1.165) is 29.7 Å². The minimum atomic E-state index is -3.45. The Morgan fingerprint density at radius 2 is 2.05 bits per heavy atom. The number of aryl methyl sites for hydroxylation is 1. The minimum Gasteiger partial charge on any atom is -0.326 e. The Morgan fingerprint density at radius 3 is 2.65 bits per heavy atom. The summed E-state index contributed by atoms with van der Waals surface area (Å²) in [4.78, 5) is 1.11. The molecule has 3 N–H and O–H groups in total. The van der Waals surface area contributed by atoms with Gasteiger partial charge in [-0.2, -0.15) is 0 Å². The molecule has 1 aromatic heterocycles. The lowest BCUT2D eigenvalue weighted by Gasteiger charge is -2.15. The zero-order valence-electron chi connectivity index (χ0n) is 12.6. The molecule has 0 aliphatic carbocycles. The van der Waals surface area contributed by atoms with E-state index in [1.165, 1.54) is 24.2 Å². The lowest BCUT2D eigenvalue weighted by atomic mass is 10.1. The van der Waals surface area contributed by atoms with E-state index in [1.54, 1.807) is 0 Å². The van der Waals surface area contributed by atoms with Gasteiger partial charge in [-0.15, -0.1) is 11.3 Å². The standard InChI is InChI=1S/C14H26N2O2S2/c1-4-5-6-7-8-12(3)16-20(17,18)14-11(2)10-19-13(14)9-15/h10,12,16H,4-9,15H2,1-3H3. The van der Waals surface area contributed by atoms with Crippen LogP contribution in [-0.4, -0.2) is 14.5 Å². The number of thiophene rings is 1. The SMILES string of the molecule is CCCCCCC(C)NS(=O)(=O)c1c(C)csc1CN. The highest BCUT2D eigenvalue weighted by Crippen LogP contribution is 2.26. The number of nitrogens with one attached hydrogen (secondary N) is 1. The Balaban J connectivity index is 2.67. The van der Waals surface area contributed by atoms with Crippen LogP contribution in [0, 0.1) is 6.92 Å². The molecule has 0 spiro atoms. The highest BCUT2D eigenvalue weighted by Gasteiger charge is 2.23. The summed E-state index contributed by atoms with van der Waals surface area (Å²) >= 11 is 1.41. The van der Waals surface area contributed by atoms with Crippen LogP contribution >= 0.6 is 11.3 Å². The first-order valence-corrected chi connectivity index (χ1v) is 9.58. The van der Waals surface area contributed by atoms with Gasteiger partial charge in [-0.1, -0.05) is 32.6 Å². The van der Waals surface area contributed by atoms with Crippen molar-refractivity contribution in [3.8, 4) is 0 Å². The normalized spacial score (nSPS) is 13.6. The molecule has 1 aromatic rings. The number of nitrogens with two attached hydrogens (primary N) is 1. The molecule has 1 atom stereocenters. The van der Waals surface area contributed by atoms with Gasteiger partial charge in [-0.3, -0.25) is 0 Å². The van der Waals surface area contributed by atoms with Crippen LogP contribution in [-0.2, 0) is 16.6 Å². The third-order valence-corrected chi connectivity index (χ3v) is 6.36. The van der Waals surface area contributed by atoms with Crippen molar-refractivity contribution in [3.63, 3.8) is 0 Å². The van der Waals surface area contributed by atoms with Crippen molar-refractivity contribution in [1.82, 2.24) is 4.72 Å². The van der Waals surface area contributed by atoms with Gasteiger partial charge in [-0.05, 0) is 31.2 Å². The summed E-state index contributed by atoms with van der Waals surface area (Å²) in [5.41, 5.74) is 6.40. The fourth-order valence-electron chi connectivity index (χ4n) is 2.25. The molecule has 1 heterocycles. The first-order chi connectivity index (χ1) is 9.42. The predicted molar refractivity (Wildman–Crippen MR) is 85.5 cm³/mol. The maximum absolute atomic E-state index is 12.4. The largest absolute Gasteiger partial charge is 0.326 e. The first-order valence-electron chi connectivity index (χ1n) is 7.21. The quantitative estimate of drug-likeness (QED) is 0.687. The smallest absolute Gasteiger partial charge is 0.242 e. The first kappa shape index (κ1) is 17.6. The van der Waals surface area contributed by atoms with Crippen molar-refractivity contribution in [2.45, 2.75) is 70.4 Å². The third-order valence-electron chi connectivity index (χ3n) is 3.29. The number of rotatable bonds is 9. The van der Waals surface area contributed by atoms with Crippen molar-refractivity contribution in [1.29, 1.82) is 0 Å². The van der Waals surface area contributed by atoms with Crippen molar-refractivity contribution in [2.75, 3.05) is 0 Å². The van der Waals surface area contributed by atoms with Gasteiger partial charge in [0.25, 0.3) is 0 Å². The summed E-state index contributed by atoms with van der Waals surface area (Å²) in [5, 5.41) is 1.85. The summed E-state index contributed by atoms with van der Waals surface area (Å²) in [6, 6.07) is -0.0400. The molecule has 0 aliphatic heterocycles. The van der Waals surface area contributed by atoms with Gasteiger partial charge in [0.05, 0.1) is 0 Å². The van der Waals surface area contributed by atoms with Crippen molar-refractivity contribution in [2.24, 2.45) is 5.73 Å². The highest BCUT2D eigenvalue weighted by atomic mass is 32.2. The van der Waals surface area contributed by atoms with E-state index < -0.39 is 10.0 Å². The van der Waals surface area contributed by atoms with E-state index in [0.29, 0.717) is 4.90 Å². The molecular formula is C14H26N2O2S2. The third kappa shape index (κ3) is 4.84. The molecule has 0 bridgehead atoms. The van der Waals surface area contributed by atoms with E-state index in [1.807, 2.05) is 19.2 Å². The molecular weight excluding hydrogens is 292 g/mol. The van der Waals surface area contributed by atoms with Crippen molar-refractivity contribution < 1.29 is 8.42 Å². The predicted octanol–water partition coefficient (Wildman–Crippen LogP) is 3.15. The summed E-state index contributed by atoms with van der Waals surface area (Å²) < 4.78 is 27.6. The lowest BCUT2D eigenvalue weighted by molar-refractivity contribution is 0.521. The molecule has 0 saturated carbocycles. The average Bonchev–Trinajstić information content (AvgIpc) is 2.76. The van der Waals surface area contributed by atoms with Crippen LogP contribution in [0.1, 0.15) is 56.4 Å². The Bertz CT molecular complexity index is 509. The molecule has 0 aliphatic rings. The van der Waals surface area contributed by atoms with Gasteiger partial charge in [0, 0.05) is 17.5 Å². The summed E-state index contributed by atoms with van der Waals surface area (Å²) in [6.07, 6.45) is 5.49. The van der Waals surface area contributed by atoms with Crippen molar-refractivity contribution in [3.05, 3.63) is 15.8 Å². The molecule has 0 amide bonds. The Hall–Kier alpha value is -0.430. The molecule has 4 nitrogen and oxygen atoms in total. The monoisotopic (exact) mass is 318 g/mol. The number of hydrogen-bond donors (Lipinski definition) is 2. The fraction of sp³-hybridized carbons (Fsp3) is 0.714.